The van der Waals surface area contributed by atoms with Gasteiger partial charge in [-0.1, -0.05) is 43.7 Å². The van der Waals surface area contributed by atoms with Crippen molar-refractivity contribution in [3.05, 3.63) is 35.4 Å². The zero-order valence-electron chi connectivity index (χ0n) is 13.0. The lowest BCUT2D eigenvalue weighted by Crippen LogP contribution is -2.41. The second-order valence-corrected chi connectivity index (χ2v) is 6.80. The molecule has 1 aromatic carbocycles. The van der Waals surface area contributed by atoms with Crippen LogP contribution in [0, 0.1) is 12.3 Å². The van der Waals surface area contributed by atoms with Crippen LogP contribution in [-0.4, -0.2) is 31.1 Å². The smallest absolute Gasteiger partial charge is 0.0473 e. The van der Waals surface area contributed by atoms with Crippen LogP contribution in [0.25, 0.3) is 0 Å². The number of hydrogen-bond donors (Lipinski definition) is 1. The molecule has 0 spiro atoms. The number of rotatable bonds is 4. The highest BCUT2D eigenvalue weighted by Gasteiger charge is 2.34. The lowest BCUT2D eigenvalue weighted by atomic mass is 9.93. The molecule has 0 aliphatic carbocycles. The summed E-state index contributed by atoms with van der Waals surface area (Å²) in [5, 5.41) is 3.50. The standard InChI is InChI=1S/C17H28N2/c1-13-6-8-15(9-7-13)16(18-5)14(2)19-11-10-17(3,4)12-19/h6-9,14,16,18H,10-12H2,1-5H3. The van der Waals surface area contributed by atoms with Gasteiger partial charge in [0.15, 0.2) is 0 Å². The van der Waals surface area contributed by atoms with Crippen LogP contribution in [-0.2, 0) is 0 Å². The van der Waals surface area contributed by atoms with Gasteiger partial charge in [-0.15, -0.1) is 0 Å². The average Bonchev–Trinajstić information content (AvgIpc) is 2.73. The number of nitrogens with zero attached hydrogens (tertiary/aromatic N) is 1. The van der Waals surface area contributed by atoms with Gasteiger partial charge in [-0.2, -0.15) is 0 Å². The summed E-state index contributed by atoms with van der Waals surface area (Å²) in [6, 6.07) is 9.88. The maximum Gasteiger partial charge on any atom is 0.0473 e. The summed E-state index contributed by atoms with van der Waals surface area (Å²) in [6.45, 7) is 11.7. The van der Waals surface area contributed by atoms with E-state index in [1.165, 1.54) is 30.6 Å². The van der Waals surface area contributed by atoms with Gasteiger partial charge in [0.1, 0.15) is 0 Å². The Labute approximate surface area is 118 Å². The van der Waals surface area contributed by atoms with Gasteiger partial charge in [0.05, 0.1) is 0 Å². The van der Waals surface area contributed by atoms with Crippen molar-refractivity contribution < 1.29 is 0 Å². The zero-order chi connectivity index (χ0) is 14.0. The fourth-order valence-electron chi connectivity index (χ4n) is 3.17. The van der Waals surface area contributed by atoms with Gasteiger partial charge in [0.25, 0.3) is 0 Å². The predicted octanol–water partition coefficient (Wildman–Crippen LogP) is 3.38. The van der Waals surface area contributed by atoms with Gasteiger partial charge in [0, 0.05) is 18.6 Å². The summed E-state index contributed by atoms with van der Waals surface area (Å²) in [6.07, 6.45) is 1.31. The molecule has 1 heterocycles. The molecule has 1 aliphatic rings. The zero-order valence-corrected chi connectivity index (χ0v) is 13.0. The molecular weight excluding hydrogens is 232 g/mol. The van der Waals surface area contributed by atoms with Crippen LogP contribution in [0.2, 0.25) is 0 Å². The van der Waals surface area contributed by atoms with E-state index in [1.807, 2.05) is 0 Å². The Morgan fingerprint density at radius 2 is 1.84 bits per heavy atom. The van der Waals surface area contributed by atoms with Crippen LogP contribution in [0.5, 0.6) is 0 Å². The van der Waals surface area contributed by atoms with Gasteiger partial charge in [-0.05, 0) is 44.8 Å². The summed E-state index contributed by atoms with van der Waals surface area (Å²) in [7, 11) is 2.07. The third-order valence-corrected chi connectivity index (χ3v) is 4.51. The van der Waals surface area contributed by atoms with E-state index in [0.29, 0.717) is 17.5 Å². The molecule has 0 aromatic heterocycles. The third kappa shape index (κ3) is 3.37. The minimum absolute atomic E-state index is 0.412. The molecule has 1 aliphatic heterocycles. The fraction of sp³-hybridized carbons (Fsp3) is 0.647. The Morgan fingerprint density at radius 1 is 1.21 bits per heavy atom. The van der Waals surface area contributed by atoms with Gasteiger partial charge in [-0.25, -0.2) is 0 Å². The molecule has 1 saturated heterocycles. The highest BCUT2D eigenvalue weighted by molar-refractivity contribution is 5.25. The van der Waals surface area contributed by atoms with Crippen molar-refractivity contribution >= 4 is 0 Å². The molecule has 0 saturated carbocycles. The monoisotopic (exact) mass is 260 g/mol. The topological polar surface area (TPSA) is 15.3 Å². The molecule has 0 bridgehead atoms. The maximum absolute atomic E-state index is 3.50. The number of aryl methyl sites for hydroxylation is 1. The lowest BCUT2D eigenvalue weighted by molar-refractivity contribution is 0.192. The summed E-state index contributed by atoms with van der Waals surface area (Å²) in [5.41, 5.74) is 3.19. The van der Waals surface area contributed by atoms with Crippen LogP contribution in [0.15, 0.2) is 24.3 Å². The largest absolute Gasteiger partial charge is 0.312 e. The molecule has 2 rings (SSSR count). The summed E-state index contributed by atoms with van der Waals surface area (Å²) < 4.78 is 0. The summed E-state index contributed by atoms with van der Waals surface area (Å²) >= 11 is 0. The second-order valence-electron chi connectivity index (χ2n) is 6.80. The van der Waals surface area contributed by atoms with E-state index >= 15 is 0 Å². The van der Waals surface area contributed by atoms with Gasteiger partial charge in [-0.3, -0.25) is 4.90 Å². The first-order valence-electron chi connectivity index (χ1n) is 7.41. The Kier molecular flexibility index (Phi) is 4.32. The van der Waals surface area contributed by atoms with Crippen LogP contribution < -0.4 is 5.32 Å². The highest BCUT2D eigenvalue weighted by Crippen LogP contribution is 2.33. The normalized spacial score (nSPS) is 22.4. The van der Waals surface area contributed by atoms with Gasteiger partial charge in [0.2, 0.25) is 0 Å². The Balaban J connectivity index is 2.11. The molecule has 1 N–H and O–H groups in total. The number of benzene rings is 1. The van der Waals surface area contributed by atoms with Crippen molar-refractivity contribution in [2.24, 2.45) is 5.41 Å². The van der Waals surface area contributed by atoms with E-state index in [-0.39, 0.29) is 0 Å². The number of hydrogen-bond acceptors (Lipinski definition) is 2. The highest BCUT2D eigenvalue weighted by atomic mass is 15.2. The van der Waals surface area contributed by atoms with Crippen molar-refractivity contribution in [1.29, 1.82) is 0 Å². The Bertz CT molecular complexity index is 408. The van der Waals surface area contributed by atoms with Crippen LogP contribution in [0.3, 0.4) is 0 Å². The maximum atomic E-state index is 3.50. The second kappa shape index (κ2) is 5.64. The molecule has 1 aromatic rings. The third-order valence-electron chi connectivity index (χ3n) is 4.51. The SMILES string of the molecule is CNC(c1ccc(C)cc1)C(C)N1CCC(C)(C)C1. The summed E-state index contributed by atoms with van der Waals surface area (Å²) in [4.78, 5) is 2.63. The van der Waals surface area contributed by atoms with Crippen LogP contribution >= 0.6 is 0 Å². The Hall–Kier alpha value is -0.860. The van der Waals surface area contributed by atoms with E-state index in [2.05, 4.69) is 69.2 Å². The molecule has 2 unspecified atom stereocenters. The molecule has 2 heteroatoms. The van der Waals surface area contributed by atoms with E-state index in [0.717, 1.165) is 0 Å². The summed E-state index contributed by atoms with van der Waals surface area (Å²) in [5.74, 6) is 0. The van der Waals surface area contributed by atoms with Crippen LogP contribution in [0.1, 0.15) is 44.4 Å². The first-order valence-corrected chi connectivity index (χ1v) is 7.41. The van der Waals surface area contributed by atoms with Crippen LogP contribution in [0.4, 0.5) is 0 Å². The minimum atomic E-state index is 0.412. The van der Waals surface area contributed by atoms with E-state index in [4.69, 9.17) is 0 Å². The fourth-order valence-corrected chi connectivity index (χ4v) is 3.17. The quantitative estimate of drug-likeness (QED) is 0.893. The number of likely N-dealkylation sites (N-methyl/N-ethyl adjacent to an activating group) is 1. The van der Waals surface area contributed by atoms with Crippen molar-refractivity contribution in [2.75, 3.05) is 20.1 Å². The van der Waals surface area contributed by atoms with Crippen molar-refractivity contribution in [3.8, 4) is 0 Å². The van der Waals surface area contributed by atoms with Gasteiger partial charge >= 0.3 is 0 Å². The molecule has 19 heavy (non-hydrogen) atoms. The van der Waals surface area contributed by atoms with E-state index < -0.39 is 0 Å². The number of likely N-dealkylation sites (tertiary alicyclic amines) is 1. The minimum Gasteiger partial charge on any atom is -0.312 e. The van der Waals surface area contributed by atoms with Gasteiger partial charge < -0.3 is 5.32 Å². The molecular formula is C17H28N2. The first kappa shape index (κ1) is 14.5. The van der Waals surface area contributed by atoms with Crippen molar-refractivity contribution in [1.82, 2.24) is 10.2 Å². The first-order chi connectivity index (χ1) is 8.93. The Morgan fingerprint density at radius 3 is 2.32 bits per heavy atom. The van der Waals surface area contributed by atoms with Crippen molar-refractivity contribution in [3.63, 3.8) is 0 Å². The molecule has 2 nitrogen and oxygen atoms in total. The predicted molar refractivity (Wildman–Crippen MR) is 82.4 cm³/mol. The molecule has 0 radical (unpaired) electrons. The molecule has 2 atom stereocenters. The number of nitrogens with one attached hydrogen (secondary N) is 1. The molecule has 106 valence electrons. The average molecular weight is 260 g/mol. The van der Waals surface area contributed by atoms with E-state index in [9.17, 15) is 0 Å². The molecule has 1 fully saturated rings. The van der Waals surface area contributed by atoms with E-state index in [1.54, 1.807) is 0 Å². The van der Waals surface area contributed by atoms with Crippen molar-refractivity contribution in [2.45, 2.75) is 46.2 Å². The lowest BCUT2D eigenvalue weighted by Gasteiger charge is -2.33. The molecule has 0 amide bonds.